The van der Waals surface area contributed by atoms with Crippen molar-refractivity contribution < 1.29 is 39.6 Å². The standard InChI is InChI=1S/C27H34N2O8/c1-4-5-6-7-16(30)13-8-9-17(31)19-14(13)10-12-11-15-21(29(2)3)23(33)20(26(28)36)25(35)27(15,37)24(34)18(12)22(19)32/h8-9,12,15,20-21,23,31-33,37H,4-7,10-11H2,1-3H3,(H2,28,36)/t12-,15-,20?,21-,23?,27-/m0/s1. The van der Waals surface area contributed by atoms with Crippen molar-refractivity contribution in [2.45, 2.75) is 63.2 Å². The molecule has 6 N–H and O–H groups in total. The zero-order chi connectivity index (χ0) is 27.4. The number of phenolic OH excluding ortho intramolecular Hbond substituents is 1. The van der Waals surface area contributed by atoms with Crippen LogP contribution in [0, 0.1) is 17.8 Å². The molecule has 0 saturated heterocycles. The number of benzene rings is 1. The van der Waals surface area contributed by atoms with E-state index in [1.807, 2.05) is 6.92 Å². The summed E-state index contributed by atoms with van der Waals surface area (Å²) in [5.41, 5.74) is 3.13. The van der Waals surface area contributed by atoms with E-state index >= 15 is 0 Å². The first kappa shape index (κ1) is 27.0. The van der Waals surface area contributed by atoms with Crippen molar-refractivity contribution in [2.24, 2.45) is 23.5 Å². The van der Waals surface area contributed by atoms with Crippen LogP contribution in [0.1, 0.15) is 60.5 Å². The highest BCUT2D eigenvalue weighted by Gasteiger charge is 2.67. The van der Waals surface area contributed by atoms with Crippen LogP contribution in [0.15, 0.2) is 17.7 Å². The lowest BCUT2D eigenvalue weighted by atomic mass is 9.54. The minimum Gasteiger partial charge on any atom is -0.507 e. The van der Waals surface area contributed by atoms with Gasteiger partial charge in [-0.15, -0.1) is 0 Å². The molecule has 0 heterocycles. The number of primary amides is 1. The Bertz CT molecular complexity index is 1210. The smallest absolute Gasteiger partial charge is 0.230 e. The molecule has 1 aromatic carbocycles. The van der Waals surface area contributed by atoms with Gasteiger partial charge < -0.3 is 31.1 Å². The van der Waals surface area contributed by atoms with Crippen molar-refractivity contribution in [1.29, 1.82) is 0 Å². The Balaban J connectivity index is 1.86. The molecule has 1 amide bonds. The summed E-state index contributed by atoms with van der Waals surface area (Å²) >= 11 is 0. The number of rotatable bonds is 7. The molecule has 6 atom stereocenters. The maximum absolute atomic E-state index is 13.8. The molecule has 2 fully saturated rings. The Hall–Kier alpha value is -3.08. The largest absolute Gasteiger partial charge is 0.507 e. The van der Waals surface area contributed by atoms with Crippen LogP contribution in [0.4, 0.5) is 0 Å². The number of ketones is 3. The van der Waals surface area contributed by atoms with Crippen LogP contribution in [0.25, 0.3) is 5.76 Å². The number of nitrogens with two attached hydrogens (primary N) is 1. The number of likely N-dealkylation sites (N-methyl/N-ethyl adjacent to an activating group) is 1. The van der Waals surface area contributed by atoms with E-state index in [9.17, 15) is 39.6 Å². The van der Waals surface area contributed by atoms with Crippen LogP contribution in [0.2, 0.25) is 0 Å². The first-order valence-electron chi connectivity index (χ1n) is 12.6. The van der Waals surface area contributed by atoms with E-state index in [-0.39, 0.29) is 35.5 Å². The highest BCUT2D eigenvalue weighted by molar-refractivity contribution is 6.25. The second-order valence-electron chi connectivity index (χ2n) is 10.7. The van der Waals surface area contributed by atoms with E-state index in [1.165, 1.54) is 17.0 Å². The molecule has 2 unspecified atom stereocenters. The van der Waals surface area contributed by atoms with Gasteiger partial charge in [-0.2, -0.15) is 0 Å². The maximum atomic E-state index is 13.8. The average Bonchev–Trinajstić information content (AvgIpc) is 2.81. The fraction of sp³-hybridized carbons (Fsp3) is 0.556. The predicted molar refractivity (Wildman–Crippen MR) is 133 cm³/mol. The number of aliphatic hydroxyl groups excluding tert-OH is 2. The van der Waals surface area contributed by atoms with E-state index in [2.05, 4.69) is 0 Å². The molecule has 2 saturated carbocycles. The fourth-order valence-corrected chi connectivity index (χ4v) is 6.54. The number of carbonyl (C=O) groups excluding carboxylic acids is 4. The monoisotopic (exact) mass is 514 g/mol. The van der Waals surface area contributed by atoms with E-state index < -0.39 is 58.7 Å². The van der Waals surface area contributed by atoms with Gasteiger partial charge in [-0.1, -0.05) is 19.8 Å². The molecular formula is C27H34N2O8. The molecule has 0 radical (unpaired) electrons. The number of amides is 1. The van der Waals surface area contributed by atoms with Gasteiger partial charge in [0.1, 0.15) is 17.4 Å². The summed E-state index contributed by atoms with van der Waals surface area (Å²) in [6.45, 7) is 2.03. The number of nitrogens with zero attached hydrogens (tertiary/aromatic N) is 1. The van der Waals surface area contributed by atoms with Gasteiger partial charge in [0, 0.05) is 29.5 Å². The van der Waals surface area contributed by atoms with Crippen molar-refractivity contribution in [1.82, 2.24) is 4.90 Å². The highest BCUT2D eigenvalue weighted by atomic mass is 16.3. The summed E-state index contributed by atoms with van der Waals surface area (Å²) in [6, 6.07) is 1.82. The highest BCUT2D eigenvalue weighted by Crippen LogP contribution is 2.52. The Labute approximate surface area is 214 Å². The number of aromatic hydroxyl groups is 1. The Morgan fingerprint density at radius 2 is 1.84 bits per heavy atom. The molecule has 10 nitrogen and oxygen atoms in total. The Morgan fingerprint density at radius 3 is 2.43 bits per heavy atom. The van der Waals surface area contributed by atoms with Crippen LogP contribution >= 0.6 is 0 Å². The predicted octanol–water partition coefficient (Wildman–Crippen LogP) is 0.892. The van der Waals surface area contributed by atoms with Crippen LogP contribution in [-0.4, -0.2) is 80.4 Å². The van der Waals surface area contributed by atoms with Crippen molar-refractivity contribution in [3.63, 3.8) is 0 Å². The second-order valence-corrected chi connectivity index (χ2v) is 10.7. The third-order valence-corrected chi connectivity index (χ3v) is 8.28. The van der Waals surface area contributed by atoms with Crippen LogP contribution in [-0.2, 0) is 20.8 Å². The minimum atomic E-state index is -2.70. The molecule has 10 heteroatoms. The van der Waals surface area contributed by atoms with Crippen LogP contribution < -0.4 is 5.73 Å². The first-order chi connectivity index (χ1) is 17.4. The lowest BCUT2D eigenvalue weighted by Crippen LogP contribution is -2.73. The summed E-state index contributed by atoms with van der Waals surface area (Å²) in [7, 11) is 3.19. The maximum Gasteiger partial charge on any atom is 0.230 e. The molecule has 3 aliphatic rings. The molecule has 0 spiro atoms. The number of hydrogen-bond donors (Lipinski definition) is 5. The topological polar surface area (TPSA) is 178 Å². The third-order valence-electron chi connectivity index (χ3n) is 8.28. The van der Waals surface area contributed by atoms with Gasteiger partial charge in [-0.05, 0) is 57.0 Å². The second kappa shape index (κ2) is 9.66. The summed E-state index contributed by atoms with van der Waals surface area (Å²) < 4.78 is 0. The molecule has 37 heavy (non-hydrogen) atoms. The van der Waals surface area contributed by atoms with Crippen molar-refractivity contribution in [3.05, 3.63) is 34.4 Å². The van der Waals surface area contributed by atoms with Gasteiger partial charge in [0.25, 0.3) is 0 Å². The number of fused-ring (bicyclic) bond motifs is 3. The van der Waals surface area contributed by atoms with Gasteiger partial charge in [-0.25, -0.2) is 0 Å². The molecule has 3 aliphatic carbocycles. The van der Waals surface area contributed by atoms with Crippen molar-refractivity contribution in [3.8, 4) is 5.75 Å². The number of hydrogen-bond acceptors (Lipinski definition) is 9. The van der Waals surface area contributed by atoms with E-state index in [0.29, 0.717) is 24.0 Å². The normalized spacial score (nSPS) is 31.1. The fourth-order valence-electron chi connectivity index (χ4n) is 6.54. The van der Waals surface area contributed by atoms with Crippen LogP contribution in [0.3, 0.4) is 0 Å². The molecule has 0 aromatic heterocycles. The summed E-state index contributed by atoms with van der Waals surface area (Å²) in [5, 5.41) is 44.4. The van der Waals surface area contributed by atoms with Gasteiger partial charge in [0.2, 0.25) is 11.7 Å². The lowest BCUT2D eigenvalue weighted by molar-refractivity contribution is -0.184. The van der Waals surface area contributed by atoms with Crippen LogP contribution in [0.5, 0.6) is 5.75 Å². The van der Waals surface area contributed by atoms with Gasteiger partial charge in [0.05, 0.1) is 11.7 Å². The van der Waals surface area contributed by atoms with Crippen molar-refractivity contribution in [2.75, 3.05) is 14.1 Å². The zero-order valence-electron chi connectivity index (χ0n) is 21.2. The average molecular weight is 515 g/mol. The molecule has 0 aliphatic heterocycles. The Kier molecular flexibility index (Phi) is 7.04. The molecule has 1 aromatic rings. The number of phenols is 1. The minimum absolute atomic E-state index is 0.0112. The van der Waals surface area contributed by atoms with Gasteiger partial charge in [-0.3, -0.25) is 19.2 Å². The SMILES string of the molecule is CCCCCC(=O)c1ccc(O)c2c1C[C@H]1C[C@H]3[C@H](N(C)C)C(O)C(C(N)=O)C(=O)[C@@]3(O)C(=O)C1=C2O. The number of unbranched alkanes of at least 4 members (excludes halogenated alkanes) is 2. The van der Waals surface area contributed by atoms with E-state index in [4.69, 9.17) is 5.73 Å². The molecule has 4 rings (SSSR count). The van der Waals surface area contributed by atoms with Gasteiger partial charge in [0.15, 0.2) is 17.2 Å². The summed E-state index contributed by atoms with van der Waals surface area (Å²) in [6.07, 6.45) is 1.39. The van der Waals surface area contributed by atoms with Gasteiger partial charge >= 0.3 is 0 Å². The quantitative estimate of drug-likeness (QED) is 0.201. The zero-order valence-corrected chi connectivity index (χ0v) is 21.2. The number of aliphatic hydroxyl groups is 3. The van der Waals surface area contributed by atoms with E-state index in [0.717, 1.165) is 12.8 Å². The van der Waals surface area contributed by atoms with Crippen molar-refractivity contribution >= 4 is 29.0 Å². The first-order valence-corrected chi connectivity index (χ1v) is 12.6. The summed E-state index contributed by atoms with van der Waals surface area (Å²) in [4.78, 5) is 53.8. The lowest BCUT2D eigenvalue weighted by Gasteiger charge is -2.53. The number of carbonyl (C=O) groups is 4. The third kappa shape index (κ3) is 3.98. The van der Waals surface area contributed by atoms with E-state index in [1.54, 1.807) is 14.1 Å². The Morgan fingerprint density at radius 1 is 1.16 bits per heavy atom. The summed E-state index contributed by atoms with van der Waals surface area (Å²) in [5.74, 6) is -8.12. The molecule has 0 bridgehead atoms. The molecular weight excluding hydrogens is 480 g/mol. The number of Topliss-reactive ketones (excluding diaryl/α,β-unsaturated/α-hetero) is 3. The molecule has 200 valence electrons.